The van der Waals surface area contributed by atoms with Crippen LogP contribution >= 0.6 is 11.6 Å². The van der Waals surface area contributed by atoms with E-state index >= 15 is 0 Å². The minimum Gasteiger partial charge on any atom is -0.460 e. The molecule has 6 heterocycles. The molecule has 280 valence electrons. The van der Waals surface area contributed by atoms with Crippen molar-refractivity contribution in [3.05, 3.63) is 97.4 Å². The standard InChI is InChI=1S/C18H21N3O4.C13H19N3O2.C5H3ClO2.CH4/c1-24-18(23)20-9-3-5-14(12-20)13-21(15-6-2-8-19-11-15)17(22)16-7-4-10-25-16;1-18-13(17)16-7-3-4-11(10-16)8-15-12-5-2-6-14-9-12;6-5(7)4-2-1-3-8-4;/h2,4,6-8,10-11,14H,3,5,9,12-13H2,1H3;2,5-6,9,11,15H,3-4,7-8,10H2,1H3;1-3H;1H4. The molecule has 0 saturated carbocycles. The van der Waals surface area contributed by atoms with E-state index in [1.165, 1.54) is 32.8 Å². The maximum absolute atomic E-state index is 12.9. The highest BCUT2D eigenvalue weighted by Gasteiger charge is 2.29. The number of carbonyl (C=O) groups excluding carboxylic acids is 4. The summed E-state index contributed by atoms with van der Waals surface area (Å²) in [6.07, 6.45) is 13.2. The van der Waals surface area contributed by atoms with Gasteiger partial charge in [-0.3, -0.25) is 19.6 Å². The van der Waals surface area contributed by atoms with E-state index in [-0.39, 0.29) is 43.0 Å². The second-order valence-electron chi connectivity index (χ2n) is 11.8. The van der Waals surface area contributed by atoms with Gasteiger partial charge in [-0.25, -0.2) is 9.59 Å². The molecule has 2 unspecified atom stereocenters. The zero-order valence-corrected chi connectivity index (χ0v) is 29.4. The molecular weight excluding hydrogens is 692 g/mol. The molecule has 15 heteroatoms. The highest BCUT2D eigenvalue weighted by atomic mass is 35.5. The monoisotopic (exact) mass is 738 g/mol. The zero-order chi connectivity index (χ0) is 36.4. The summed E-state index contributed by atoms with van der Waals surface area (Å²) in [6, 6.07) is 14.0. The molecule has 1 N–H and O–H groups in total. The van der Waals surface area contributed by atoms with Crippen molar-refractivity contribution < 1.29 is 37.5 Å². The van der Waals surface area contributed by atoms with Crippen LogP contribution in [0.3, 0.4) is 0 Å². The predicted molar refractivity (Wildman–Crippen MR) is 196 cm³/mol. The van der Waals surface area contributed by atoms with Crippen LogP contribution in [0.15, 0.2) is 94.7 Å². The van der Waals surface area contributed by atoms with Crippen LogP contribution in [0.5, 0.6) is 0 Å². The molecular formula is C37H47ClN6O8. The van der Waals surface area contributed by atoms with E-state index in [1.54, 1.807) is 63.8 Å². The van der Waals surface area contributed by atoms with Crippen LogP contribution in [0.25, 0.3) is 0 Å². The Bertz CT molecular complexity index is 1630. The van der Waals surface area contributed by atoms with Gasteiger partial charge < -0.3 is 38.3 Å². The normalized spacial score (nSPS) is 16.4. The van der Waals surface area contributed by atoms with Crippen molar-refractivity contribution in [3.8, 4) is 0 Å². The third kappa shape index (κ3) is 12.7. The summed E-state index contributed by atoms with van der Waals surface area (Å²) in [5.74, 6) is 0.884. The molecule has 4 aromatic heterocycles. The molecule has 52 heavy (non-hydrogen) atoms. The van der Waals surface area contributed by atoms with Gasteiger partial charge in [0.05, 0.1) is 44.3 Å². The Morgan fingerprint density at radius 1 is 0.827 bits per heavy atom. The number of nitrogens with one attached hydrogen (secondary N) is 1. The number of piperidine rings is 2. The molecule has 0 aromatic carbocycles. The number of amides is 3. The lowest BCUT2D eigenvalue weighted by Crippen LogP contribution is -2.45. The second-order valence-corrected chi connectivity index (χ2v) is 12.2. The molecule has 2 atom stereocenters. The SMILES string of the molecule is C.COC(=O)N1CCCC(CN(C(=O)c2ccco2)c2cccnc2)C1.COC(=O)N1CCCC(CNc2cccnc2)C1.O=C(Cl)c1ccco1. The lowest BCUT2D eigenvalue weighted by molar-refractivity contribution is 0.0927. The number of rotatable bonds is 8. The highest BCUT2D eigenvalue weighted by Crippen LogP contribution is 2.24. The number of nitrogens with zero attached hydrogens (tertiary/aromatic N) is 5. The second kappa shape index (κ2) is 21.8. The average Bonchev–Trinajstić information content (AvgIpc) is 3.93. The van der Waals surface area contributed by atoms with Gasteiger partial charge in [0.15, 0.2) is 11.5 Å². The third-order valence-corrected chi connectivity index (χ3v) is 8.44. The smallest absolute Gasteiger partial charge is 0.409 e. The van der Waals surface area contributed by atoms with Gasteiger partial charge in [-0.1, -0.05) is 7.43 Å². The largest absolute Gasteiger partial charge is 0.460 e. The summed E-state index contributed by atoms with van der Waals surface area (Å²) in [7, 11) is 2.81. The van der Waals surface area contributed by atoms with E-state index in [0.717, 1.165) is 51.0 Å². The Hall–Kier alpha value is -5.37. The molecule has 0 spiro atoms. The molecule has 0 bridgehead atoms. The number of anilines is 2. The zero-order valence-electron chi connectivity index (χ0n) is 28.7. The van der Waals surface area contributed by atoms with Crippen LogP contribution in [-0.4, -0.2) is 96.6 Å². The fourth-order valence-electron chi connectivity index (χ4n) is 5.77. The van der Waals surface area contributed by atoms with Crippen LogP contribution in [0, 0.1) is 11.8 Å². The molecule has 2 fully saturated rings. The van der Waals surface area contributed by atoms with Crippen molar-refractivity contribution >= 4 is 46.3 Å². The summed E-state index contributed by atoms with van der Waals surface area (Å²) < 4.78 is 19.5. The van der Waals surface area contributed by atoms with Crippen molar-refractivity contribution in [1.82, 2.24) is 19.8 Å². The van der Waals surface area contributed by atoms with Gasteiger partial charge in [-0.15, -0.1) is 0 Å². The number of pyridine rings is 2. The van der Waals surface area contributed by atoms with Crippen LogP contribution in [0.2, 0.25) is 0 Å². The number of hydrogen-bond donors (Lipinski definition) is 1. The fourth-order valence-corrected chi connectivity index (χ4v) is 5.87. The van der Waals surface area contributed by atoms with Crippen LogP contribution in [0.4, 0.5) is 21.0 Å². The summed E-state index contributed by atoms with van der Waals surface area (Å²) in [6.45, 7) is 4.16. The van der Waals surface area contributed by atoms with Gasteiger partial charge >= 0.3 is 12.2 Å². The molecule has 0 radical (unpaired) electrons. The summed E-state index contributed by atoms with van der Waals surface area (Å²) in [5.41, 5.74) is 1.73. The quantitative estimate of drug-likeness (QED) is 0.184. The minimum absolute atomic E-state index is 0. The maximum Gasteiger partial charge on any atom is 0.409 e. The Kier molecular flexibility index (Phi) is 17.2. The number of hydrogen-bond acceptors (Lipinski definition) is 11. The topological polar surface area (TPSA) is 161 Å². The molecule has 2 aliphatic rings. The van der Waals surface area contributed by atoms with Gasteiger partial charge in [-0.05, 0) is 97.7 Å². The maximum atomic E-state index is 12.9. The van der Waals surface area contributed by atoms with Crippen molar-refractivity contribution in [1.29, 1.82) is 0 Å². The Morgan fingerprint density at radius 2 is 1.40 bits per heavy atom. The molecule has 6 rings (SSSR count). The Balaban J connectivity index is 0.000000235. The van der Waals surface area contributed by atoms with Crippen molar-refractivity contribution in [2.45, 2.75) is 33.1 Å². The lowest BCUT2D eigenvalue weighted by Gasteiger charge is -2.34. The molecule has 14 nitrogen and oxygen atoms in total. The first-order valence-corrected chi connectivity index (χ1v) is 16.9. The van der Waals surface area contributed by atoms with Gasteiger partial charge in [-0.2, -0.15) is 0 Å². The first-order chi connectivity index (χ1) is 24.8. The first kappa shape index (κ1) is 41.1. The number of furan rings is 2. The van der Waals surface area contributed by atoms with Gasteiger partial charge in [0.25, 0.3) is 11.1 Å². The average molecular weight is 739 g/mol. The number of carbonyl (C=O) groups is 4. The minimum atomic E-state index is -0.560. The van der Waals surface area contributed by atoms with E-state index in [1.807, 2.05) is 18.2 Å². The Labute approximate surface area is 309 Å². The predicted octanol–water partition coefficient (Wildman–Crippen LogP) is 7.07. The number of methoxy groups -OCH3 is 2. The number of aromatic nitrogens is 2. The van der Waals surface area contributed by atoms with Crippen LogP contribution < -0.4 is 10.2 Å². The van der Waals surface area contributed by atoms with Crippen LogP contribution in [0.1, 0.15) is 54.2 Å². The van der Waals surface area contributed by atoms with Gasteiger partial charge in [0.2, 0.25) is 0 Å². The third-order valence-electron chi connectivity index (χ3n) is 8.25. The highest BCUT2D eigenvalue weighted by molar-refractivity contribution is 6.67. The van der Waals surface area contributed by atoms with Gasteiger partial charge in [0, 0.05) is 57.9 Å². The number of likely N-dealkylation sites (tertiary alicyclic amines) is 2. The van der Waals surface area contributed by atoms with Crippen LogP contribution in [-0.2, 0) is 9.47 Å². The number of ether oxygens (including phenoxy) is 2. The molecule has 2 aliphatic heterocycles. The molecule has 3 amide bonds. The van der Waals surface area contributed by atoms with E-state index in [2.05, 4.69) is 19.7 Å². The molecule has 2 saturated heterocycles. The first-order valence-electron chi connectivity index (χ1n) is 16.6. The fraction of sp³-hybridized carbons (Fsp3) is 0.405. The lowest BCUT2D eigenvalue weighted by atomic mass is 9.97. The van der Waals surface area contributed by atoms with Crippen molar-refractivity contribution in [2.24, 2.45) is 11.8 Å². The summed E-state index contributed by atoms with van der Waals surface area (Å²) in [4.78, 5) is 59.6. The summed E-state index contributed by atoms with van der Waals surface area (Å²) in [5, 5.41) is 2.79. The van der Waals surface area contributed by atoms with E-state index < -0.39 is 5.24 Å². The van der Waals surface area contributed by atoms with Crippen molar-refractivity contribution in [2.75, 3.05) is 63.7 Å². The van der Waals surface area contributed by atoms with Gasteiger partial charge in [0.1, 0.15) is 0 Å². The Morgan fingerprint density at radius 3 is 1.90 bits per heavy atom. The molecule has 0 aliphatic carbocycles. The van der Waals surface area contributed by atoms with E-state index in [4.69, 9.17) is 25.5 Å². The summed E-state index contributed by atoms with van der Waals surface area (Å²) >= 11 is 5.01. The van der Waals surface area contributed by atoms with E-state index in [9.17, 15) is 19.2 Å². The van der Waals surface area contributed by atoms with Crippen molar-refractivity contribution in [3.63, 3.8) is 0 Å². The van der Waals surface area contributed by atoms with E-state index in [0.29, 0.717) is 31.2 Å². The number of halogens is 1. The molecule has 4 aromatic rings.